The molecule has 0 bridgehead atoms. The van der Waals surface area contributed by atoms with Crippen LogP contribution in [0.5, 0.6) is 5.75 Å². The van der Waals surface area contributed by atoms with Gasteiger partial charge in [-0.1, -0.05) is 68.9 Å². The molecule has 2 atom stereocenters. The summed E-state index contributed by atoms with van der Waals surface area (Å²) in [5.41, 5.74) is 5.02. The van der Waals surface area contributed by atoms with Crippen molar-refractivity contribution in [2.75, 3.05) is 10.7 Å². The highest BCUT2D eigenvalue weighted by molar-refractivity contribution is 8.15. The standard InChI is InChI=1S/C33H33F3N6O3S/c1-19(2)27-15-6-20(3)16-28(27)42-29(43)17-46-32(42)39-31(44)38-22(5)21(4)23-7-9-24(10-8-23)30-37-18-41(40-30)25-11-13-26(14-12-25)45-33(34,35)36/h6-16,18-19,21-22H,17H2,1-5H3,(H,38,44)/b39-32+. The first-order valence-corrected chi connectivity index (χ1v) is 15.6. The van der Waals surface area contributed by atoms with E-state index in [1.165, 1.54) is 47.0 Å². The monoisotopic (exact) mass is 650 g/mol. The molecule has 2 heterocycles. The predicted molar refractivity (Wildman–Crippen MR) is 173 cm³/mol. The molecule has 1 N–H and O–H groups in total. The van der Waals surface area contributed by atoms with Gasteiger partial charge in [-0.05, 0) is 66.8 Å². The number of thioether (sulfide) groups is 1. The number of aryl methyl sites for hydroxylation is 1. The first kappa shape index (κ1) is 32.7. The zero-order chi connectivity index (χ0) is 33.2. The van der Waals surface area contributed by atoms with Gasteiger partial charge in [0, 0.05) is 17.5 Å². The summed E-state index contributed by atoms with van der Waals surface area (Å²) in [4.78, 5) is 36.1. The van der Waals surface area contributed by atoms with Crippen molar-refractivity contribution >= 4 is 34.6 Å². The number of amidine groups is 1. The Hall–Kier alpha value is -4.65. The second-order valence-corrected chi connectivity index (χ2v) is 12.3. The molecule has 1 fully saturated rings. The Morgan fingerprint density at radius 1 is 1.02 bits per heavy atom. The van der Waals surface area contributed by atoms with Gasteiger partial charge in [0.05, 0.1) is 17.1 Å². The maximum Gasteiger partial charge on any atom is 0.573 e. The number of rotatable bonds is 8. The Labute approximate surface area is 268 Å². The van der Waals surface area contributed by atoms with Crippen LogP contribution >= 0.6 is 11.8 Å². The molecule has 1 aliphatic heterocycles. The number of urea groups is 1. The van der Waals surface area contributed by atoms with Gasteiger partial charge < -0.3 is 10.1 Å². The Morgan fingerprint density at radius 2 is 1.72 bits per heavy atom. The number of nitrogens with one attached hydrogen (secondary N) is 1. The summed E-state index contributed by atoms with van der Waals surface area (Å²) >= 11 is 1.25. The molecular formula is C33H33F3N6O3S. The molecule has 46 heavy (non-hydrogen) atoms. The molecule has 5 rings (SSSR count). The summed E-state index contributed by atoms with van der Waals surface area (Å²) in [5, 5.41) is 7.75. The fourth-order valence-corrected chi connectivity index (χ4v) is 5.86. The van der Waals surface area contributed by atoms with Crippen LogP contribution in [-0.2, 0) is 4.79 Å². The molecule has 1 saturated heterocycles. The zero-order valence-corrected chi connectivity index (χ0v) is 26.7. The van der Waals surface area contributed by atoms with Crippen molar-refractivity contribution in [1.29, 1.82) is 0 Å². The third-order valence-corrected chi connectivity index (χ3v) is 8.56. The maximum absolute atomic E-state index is 13.0. The lowest BCUT2D eigenvalue weighted by Crippen LogP contribution is -2.36. The first-order valence-electron chi connectivity index (χ1n) is 14.6. The number of benzene rings is 3. The van der Waals surface area contributed by atoms with Gasteiger partial charge >= 0.3 is 12.4 Å². The number of anilines is 1. The average molecular weight is 651 g/mol. The van der Waals surface area contributed by atoms with Gasteiger partial charge in [-0.15, -0.1) is 18.3 Å². The molecule has 9 nitrogen and oxygen atoms in total. The van der Waals surface area contributed by atoms with Crippen LogP contribution in [-0.4, -0.2) is 50.0 Å². The van der Waals surface area contributed by atoms with Crippen LogP contribution in [0.1, 0.15) is 56.2 Å². The third kappa shape index (κ3) is 7.58. The second kappa shape index (κ2) is 13.4. The summed E-state index contributed by atoms with van der Waals surface area (Å²) in [6.45, 7) is 9.98. The molecule has 3 aromatic carbocycles. The summed E-state index contributed by atoms with van der Waals surface area (Å²) in [5.74, 6) is 0.334. The molecule has 0 spiro atoms. The number of nitrogens with zero attached hydrogens (tertiary/aromatic N) is 5. The molecule has 2 unspecified atom stereocenters. The van der Waals surface area contributed by atoms with Crippen LogP contribution in [0.15, 0.2) is 78.0 Å². The lowest BCUT2D eigenvalue weighted by Gasteiger charge is -2.23. The third-order valence-electron chi connectivity index (χ3n) is 7.63. The molecule has 3 amide bonds. The number of alkyl halides is 3. The number of hydrogen-bond donors (Lipinski definition) is 1. The van der Waals surface area contributed by atoms with Gasteiger partial charge in [0.1, 0.15) is 12.1 Å². The quantitative estimate of drug-likeness (QED) is 0.211. The van der Waals surface area contributed by atoms with Gasteiger partial charge in [0.2, 0.25) is 5.91 Å². The van der Waals surface area contributed by atoms with E-state index in [4.69, 9.17) is 0 Å². The van der Waals surface area contributed by atoms with Gasteiger partial charge in [0.15, 0.2) is 11.0 Å². The highest BCUT2D eigenvalue weighted by Crippen LogP contribution is 2.34. The van der Waals surface area contributed by atoms with Crippen LogP contribution in [0.3, 0.4) is 0 Å². The number of hydrogen-bond acceptors (Lipinski definition) is 6. The molecule has 240 valence electrons. The molecule has 4 aromatic rings. The summed E-state index contributed by atoms with van der Waals surface area (Å²) in [6, 6.07) is 18.1. The number of amides is 3. The number of ether oxygens (including phenoxy) is 1. The van der Waals surface area contributed by atoms with Gasteiger partial charge in [0.25, 0.3) is 0 Å². The highest BCUT2D eigenvalue weighted by Gasteiger charge is 2.33. The number of carbonyl (C=O) groups excluding carboxylic acids is 2. The van der Waals surface area contributed by atoms with Crippen LogP contribution < -0.4 is 15.0 Å². The predicted octanol–water partition coefficient (Wildman–Crippen LogP) is 7.60. The van der Waals surface area contributed by atoms with E-state index in [2.05, 4.69) is 39.0 Å². The van der Waals surface area contributed by atoms with Gasteiger partial charge in [-0.25, -0.2) is 14.5 Å². The summed E-state index contributed by atoms with van der Waals surface area (Å²) in [7, 11) is 0. The van der Waals surface area contributed by atoms with Crippen molar-refractivity contribution < 1.29 is 27.5 Å². The van der Waals surface area contributed by atoms with E-state index < -0.39 is 12.4 Å². The molecule has 0 saturated carbocycles. The number of halogens is 3. The SMILES string of the molecule is Cc1ccc(C(C)C)c(N2C(=O)CS/C2=N/C(=O)NC(C)C(C)c2ccc(-c3ncn(-c4ccc(OC(F)(F)F)cc4)n3)cc2)c1. The number of carbonyl (C=O) groups is 2. The van der Waals surface area contributed by atoms with E-state index in [-0.39, 0.29) is 35.3 Å². The topological polar surface area (TPSA) is 102 Å². The van der Waals surface area contributed by atoms with E-state index in [1.807, 2.05) is 63.2 Å². The van der Waals surface area contributed by atoms with Crippen molar-refractivity contribution in [3.8, 4) is 22.8 Å². The Bertz CT molecular complexity index is 1750. The molecule has 13 heteroatoms. The van der Waals surface area contributed by atoms with E-state index in [0.717, 1.165) is 27.9 Å². The van der Waals surface area contributed by atoms with Crippen molar-refractivity contribution in [2.45, 2.75) is 58.9 Å². The minimum absolute atomic E-state index is 0.0700. The molecule has 0 aliphatic carbocycles. The molecule has 1 aromatic heterocycles. The normalized spacial score (nSPS) is 15.8. The largest absolute Gasteiger partial charge is 0.573 e. The maximum atomic E-state index is 13.0. The van der Waals surface area contributed by atoms with Crippen LogP contribution in [0.2, 0.25) is 0 Å². The van der Waals surface area contributed by atoms with Crippen molar-refractivity contribution in [3.63, 3.8) is 0 Å². The molecule has 0 radical (unpaired) electrons. The summed E-state index contributed by atoms with van der Waals surface area (Å²) in [6.07, 6.45) is -3.29. The lowest BCUT2D eigenvalue weighted by molar-refractivity contribution is -0.274. The van der Waals surface area contributed by atoms with Crippen LogP contribution in [0.4, 0.5) is 23.7 Å². The minimum Gasteiger partial charge on any atom is -0.406 e. The van der Waals surface area contributed by atoms with Gasteiger partial charge in [-0.3, -0.25) is 9.69 Å². The summed E-state index contributed by atoms with van der Waals surface area (Å²) < 4.78 is 42.7. The van der Waals surface area contributed by atoms with Crippen molar-refractivity contribution in [3.05, 3.63) is 89.7 Å². The van der Waals surface area contributed by atoms with Gasteiger partial charge in [-0.2, -0.15) is 4.99 Å². The van der Waals surface area contributed by atoms with E-state index in [1.54, 1.807) is 4.90 Å². The lowest BCUT2D eigenvalue weighted by atomic mass is 9.93. The fraction of sp³-hybridized carbons (Fsp3) is 0.303. The van der Waals surface area contributed by atoms with Crippen molar-refractivity contribution in [2.24, 2.45) is 4.99 Å². The second-order valence-electron chi connectivity index (χ2n) is 11.3. The first-order chi connectivity index (χ1) is 21.8. The minimum atomic E-state index is -4.76. The Balaban J connectivity index is 1.24. The highest BCUT2D eigenvalue weighted by atomic mass is 32.2. The van der Waals surface area contributed by atoms with Crippen molar-refractivity contribution in [1.82, 2.24) is 20.1 Å². The average Bonchev–Trinajstić information content (AvgIpc) is 3.63. The fourth-order valence-electron chi connectivity index (χ4n) is 5.00. The van der Waals surface area contributed by atoms with Crippen LogP contribution in [0.25, 0.3) is 17.1 Å². The van der Waals surface area contributed by atoms with E-state index in [0.29, 0.717) is 16.7 Å². The number of aromatic nitrogens is 3. The zero-order valence-electron chi connectivity index (χ0n) is 25.9. The Kier molecular flexibility index (Phi) is 9.52. The van der Waals surface area contributed by atoms with E-state index >= 15 is 0 Å². The Morgan fingerprint density at radius 3 is 2.37 bits per heavy atom. The number of aliphatic imine (C=N–C) groups is 1. The molecular weight excluding hydrogens is 617 g/mol. The van der Waals surface area contributed by atoms with Crippen LogP contribution in [0, 0.1) is 6.92 Å². The van der Waals surface area contributed by atoms with E-state index in [9.17, 15) is 22.8 Å². The molecule has 1 aliphatic rings. The smallest absolute Gasteiger partial charge is 0.406 e.